The van der Waals surface area contributed by atoms with Gasteiger partial charge in [0, 0.05) is 17.3 Å². The number of hydrogen-bond acceptors (Lipinski definition) is 6. The first-order chi connectivity index (χ1) is 13.7. The van der Waals surface area contributed by atoms with Gasteiger partial charge in [0.05, 0.1) is 25.0 Å². The molecule has 0 saturated heterocycles. The summed E-state index contributed by atoms with van der Waals surface area (Å²) >= 11 is 0. The molecule has 2 aromatic rings. The summed E-state index contributed by atoms with van der Waals surface area (Å²) < 4.78 is 37.3. The number of hydrogen-bond donors (Lipinski definition) is 2. The Morgan fingerprint density at radius 3 is 2.21 bits per heavy atom. The number of amides is 1. The maximum atomic E-state index is 12.5. The molecule has 0 radical (unpaired) electrons. The van der Waals surface area contributed by atoms with Crippen LogP contribution >= 0.6 is 0 Å². The fraction of sp³-hybridized carbons (Fsp3) is 0.300. The Hall–Kier alpha value is -3.07. The smallest absolute Gasteiger partial charge is 0.307 e. The molecule has 0 fully saturated rings. The van der Waals surface area contributed by atoms with E-state index in [1.54, 1.807) is 19.1 Å². The van der Waals surface area contributed by atoms with Gasteiger partial charge >= 0.3 is 5.97 Å². The normalized spacial score (nSPS) is 12.0. The van der Waals surface area contributed by atoms with Gasteiger partial charge in [-0.2, -0.15) is 0 Å². The molecule has 0 heterocycles. The number of nitrogens with one attached hydrogen (secondary N) is 2. The quantitative estimate of drug-likeness (QED) is 0.603. The highest BCUT2D eigenvalue weighted by Gasteiger charge is 2.16. The molecule has 0 saturated carbocycles. The molecule has 156 valence electrons. The minimum atomic E-state index is -3.77. The summed E-state index contributed by atoms with van der Waals surface area (Å²) in [7, 11) is -2.49. The predicted octanol–water partition coefficient (Wildman–Crippen LogP) is 2.57. The summed E-state index contributed by atoms with van der Waals surface area (Å²) in [4.78, 5) is 23.6. The molecule has 0 aliphatic carbocycles. The molecule has 2 rings (SSSR count). The van der Waals surface area contributed by atoms with Crippen LogP contribution in [0, 0.1) is 0 Å². The van der Waals surface area contributed by atoms with Gasteiger partial charge in [0.15, 0.2) is 0 Å². The molecule has 0 spiro atoms. The summed E-state index contributed by atoms with van der Waals surface area (Å²) in [5, 5.41) is 2.68. The number of sulfonamides is 1. The summed E-state index contributed by atoms with van der Waals surface area (Å²) in [6.45, 7) is 4.02. The Balaban J connectivity index is 2.02. The lowest BCUT2D eigenvalue weighted by Gasteiger charge is -2.13. The van der Waals surface area contributed by atoms with Crippen molar-refractivity contribution in [2.45, 2.75) is 31.2 Å². The van der Waals surface area contributed by atoms with Crippen molar-refractivity contribution in [1.82, 2.24) is 5.32 Å². The maximum Gasteiger partial charge on any atom is 0.307 e. The van der Waals surface area contributed by atoms with Gasteiger partial charge in [-0.3, -0.25) is 14.3 Å². The lowest BCUT2D eigenvalue weighted by Crippen LogP contribution is -2.34. The van der Waals surface area contributed by atoms with Crippen LogP contribution in [-0.4, -0.2) is 40.1 Å². The van der Waals surface area contributed by atoms with Crippen molar-refractivity contribution >= 4 is 27.6 Å². The first kappa shape index (κ1) is 22.2. The summed E-state index contributed by atoms with van der Waals surface area (Å²) in [6.07, 6.45) is 0.0577. The largest absolute Gasteiger partial charge is 0.494 e. The van der Waals surface area contributed by atoms with Gasteiger partial charge in [-0.15, -0.1) is 0 Å². The minimum Gasteiger partial charge on any atom is -0.494 e. The Bertz CT molecular complexity index is 940. The van der Waals surface area contributed by atoms with E-state index < -0.39 is 22.0 Å². The van der Waals surface area contributed by atoms with E-state index in [2.05, 4.69) is 14.8 Å². The van der Waals surface area contributed by atoms with Crippen molar-refractivity contribution in [2.75, 3.05) is 18.4 Å². The van der Waals surface area contributed by atoms with E-state index in [0.717, 1.165) is 0 Å². The molecular weight excluding hydrogens is 396 g/mol. The van der Waals surface area contributed by atoms with Crippen LogP contribution < -0.4 is 14.8 Å². The van der Waals surface area contributed by atoms with E-state index in [4.69, 9.17) is 4.74 Å². The van der Waals surface area contributed by atoms with Gasteiger partial charge < -0.3 is 14.8 Å². The number of rotatable bonds is 9. The van der Waals surface area contributed by atoms with Crippen LogP contribution in [0.4, 0.5) is 5.69 Å². The Labute approximate surface area is 170 Å². The first-order valence-electron chi connectivity index (χ1n) is 8.98. The second kappa shape index (κ2) is 9.92. The third-order valence-electron chi connectivity index (χ3n) is 3.92. The lowest BCUT2D eigenvalue weighted by atomic mass is 10.1. The zero-order valence-corrected chi connectivity index (χ0v) is 17.3. The number of anilines is 1. The number of carbonyl (C=O) groups excluding carboxylic acids is 2. The summed E-state index contributed by atoms with van der Waals surface area (Å²) in [5.74, 6) is -0.206. The van der Waals surface area contributed by atoms with Crippen molar-refractivity contribution < 1.29 is 27.5 Å². The Morgan fingerprint density at radius 1 is 1.03 bits per heavy atom. The molecule has 2 N–H and O–H groups in total. The molecule has 0 aromatic heterocycles. The molecular formula is C20H24N2O6S. The van der Waals surface area contributed by atoms with Crippen molar-refractivity contribution in [3.05, 3.63) is 54.1 Å². The fourth-order valence-corrected chi connectivity index (χ4v) is 3.54. The van der Waals surface area contributed by atoms with Crippen LogP contribution in [0.3, 0.4) is 0 Å². The average Bonchev–Trinajstić information content (AvgIpc) is 2.68. The number of ether oxygens (including phenoxy) is 2. The number of esters is 1. The minimum absolute atomic E-state index is 0.0577. The number of benzene rings is 2. The SMILES string of the molecule is CCOc1ccc(S(=O)(=O)Nc2ccc(C(=O)N[C@H](C)CC(=O)OC)cc2)cc1. The fourth-order valence-electron chi connectivity index (χ4n) is 2.48. The Morgan fingerprint density at radius 2 is 1.66 bits per heavy atom. The lowest BCUT2D eigenvalue weighted by molar-refractivity contribution is -0.141. The van der Waals surface area contributed by atoms with Crippen molar-refractivity contribution in [3.8, 4) is 5.75 Å². The third kappa shape index (κ3) is 6.49. The topological polar surface area (TPSA) is 111 Å². The zero-order valence-electron chi connectivity index (χ0n) is 16.5. The van der Waals surface area contributed by atoms with Gasteiger partial charge in [-0.1, -0.05) is 0 Å². The van der Waals surface area contributed by atoms with Crippen molar-refractivity contribution in [3.63, 3.8) is 0 Å². The van der Waals surface area contributed by atoms with E-state index in [-0.39, 0.29) is 17.2 Å². The standard InChI is InChI=1S/C20H24N2O6S/c1-4-28-17-9-11-18(12-10-17)29(25,26)22-16-7-5-15(6-8-16)20(24)21-14(2)13-19(23)27-3/h5-12,14,22H,4,13H2,1-3H3,(H,21,24)/t14-/m1/s1. The van der Waals surface area contributed by atoms with Crippen LogP contribution in [0.2, 0.25) is 0 Å². The van der Waals surface area contributed by atoms with E-state index in [9.17, 15) is 18.0 Å². The highest BCUT2D eigenvalue weighted by atomic mass is 32.2. The molecule has 1 amide bonds. The predicted molar refractivity (Wildman–Crippen MR) is 108 cm³/mol. The summed E-state index contributed by atoms with van der Waals surface area (Å²) in [5.41, 5.74) is 0.656. The van der Waals surface area contributed by atoms with Crippen LogP contribution in [0.1, 0.15) is 30.6 Å². The molecule has 0 aliphatic heterocycles. The van der Waals surface area contributed by atoms with Crippen molar-refractivity contribution in [2.24, 2.45) is 0 Å². The monoisotopic (exact) mass is 420 g/mol. The summed E-state index contributed by atoms with van der Waals surface area (Å²) in [6, 6.07) is 11.7. The Kier molecular flexibility index (Phi) is 7.60. The van der Waals surface area contributed by atoms with E-state index in [1.165, 1.54) is 43.5 Å². The molecule has 0 aliphatic rings. The average molecular weight is 420 g/mol. The number of methoxy groups -OCH3 is 1. The highest BCUT2D eigenvalue weighted by molar-refractivity contribution is 7.92. The van der Waals surface area contributed by atoms with Crippen LogP contribution in [-0.2, 0) is 19.6 Å². The molecule has 9 heteroatoms. The van der Waals surface area contributed by atoms with Gasteiger partial charge in [-0.05, 0) is 62.4 Å². The van der Waals surface area contributed by atoms with E-state index in [1.807, 2.05) is 6.92 Å². The molecule has 0 bridgehead atoms. The van der Waals surface area contributed by atoms with Crippen molar-refractivity contribution in [1.29, 1.82) is 0 Å². The molecule has 29 heavy (non-hydrogen) atoms. The van der Waals surface area contributed by atoms with Crippen LogP contribution in [0.15, 0.2) is 53.4 Å². The highest BCUT2D eigenvalue weighted by Crippen LogP contribution is 2.19. The first-order valence-corrected chi connectivity index (χ1v) is 10.5. The van der Waals surface area contributed by atoms with Crippen LogP contribution in [0.25, 0.3) is 0 Å². The zero-order chi connectivity index (χ0) is 21.4. The molecule has 0 unspecified atom stereocenters. The van der Waals surface area contributed by atoms with Gasteiger partial charge in [0.1, 0.15) is 5.75 Å². The molecule has 8 nitrogen and oxygen atoms in total. The molecule has 2 aromatic carbocycles. The third-order valence-corrected chi connectivity index (χ3v) is 5.32. The second-order valence-corrected chi connectivity index (χ2v) is 7.92. The van der Waals surface area contributed by atoms with Gasteiger partial charge in [-0.25, -0.2) is 8.42 Å². The maximum absolute atomic E-state index is 12.5. The second-order valence-electron chi connectivity index (χ2n) is 6.24. The van der Waals surface area contributed by atoms with E-state index >= 15 is 0 Å². The van der Waals surface area contributed by atoms with E-state index in [0.29, 0.717) is 23.6 Å². The van der Waals surface area contributed by atoms with Gasteiger partial charge in [0.2, 0.25) is 0 Å². The molecule has 1 atom stereocenters. The van der Waals surface area contributed by atoms with Crippen LogP contribution in [0.5, 0.6) is 5.75 Å². The number of carbonyl (C=O) groups is 2. The van der Waals surface area contributed by atoms with Gasteiger partial charge in [0.25, 0.3) is 15.9 Å².